The van der Waals surface area contributed by atoms with Gasteiger partial charge in [0.1, 0.15) is 12.1 Å². The molecule has 3 saturated heterocycles. The van der Waals surface area contributed by atoms with Crippen LogP contribution < -0.4 is 5.32 Å². The molecule has 1 aliphatic carbocycles. The molecule has 0 unspecified atom stereocenters. The summed E-state index contributed by atoms with van der Waals surface area (Å²) in [7, 11) is 0. The Labute approximate surface area is 231 Å². The Balaban J connectivity index is 1.24. The maximum Gasteiger partial charge on any atom is 0.280 e. The van der Waals surface area contributed by atoms with Crippen LogP contribution in [0.5, 0.6) is 0 Å². The van der Waals surface area contributed by atoms with Crippen molar-refractivity contribution in [2.45, 2.75) is 69.8 Å². The van der Waals surface area contributed by atoms with Gasteiger partial charge in [0.25, 0.3) is 11.8 Å². The molecule has 3 N–H and O–H groups in total. The van der Waals surface area contributed by atoms with Crippen LogP contribution in [0.4, 0.5) is 0 Å². The van der Waals surface area contributed by atoms with Gasteiger partial charge < -0.3 is 20.3 Å². The van der Waals surface area contributed by atoms with Crippen LogP contribution in [0.15, 0.2) is 30.5 Å². The van der Waals surface area contributed by atoms with E-state index in [-0.39, 0.29) is 18.4 Å². The van der Waals surface area contributed by atoms with Crippen LogP contribution >= 0.6 is 0 Å². The summed E-state index contributed by atoms with van der Waals surface area (Å²) in [5, 5.41) is 15.6. The van der Waals surface area contributed by atoms with E-state index in [1.165, 1.54) is 11.8 Å². The summed E-state index contributed by atoms with van der Waals surface area (Å²) in [6.07, 6.45) is 5.31. The lowest BCUT2D eigenvalue weighted by molar-refractivity contribution is -0.317. The van der Waals surface area contributed by atoms with Gasteiger partial charge in [-0.25, -0.2) is 0 Å². The lowest BCUT2D eigenvalue weighted by atomic mass is 9.79. The van der Waals surface area contributed by atoms with E-state index >= 15 is 0 Å². The number of carbonyl (C=O) groups excluding carboxylic acids is 3. The minimum Gasteiger partial charge on any atom is -0.361 e. The number of nitrogens with zero attached hydrogens (tertiary/aromatic N) is 3. The fourth-order valence-corrected chi connectivity index (χ4v) is 7.42. The topological polar surface area (TPSA) is 118 Å². The van der Waals surface area contributed by atoms with Crippen molar-refractivity contribution in [2.75, 3.05) is 20.1 Å². The standard InChI is InChI=1S/C29H35N5O5/c1-15(2)24-26(36)33-10-6-9-22(33)29(38)34(24)27(37)28(3,39-29)31-25(35)17-11-19-18-7-5-8-20-23(18)16(13-30-20)12-21(19)32(4)14-17/h5,7-8,11,13,15,17,21-22,24,30,38H,6,9-10,12,14H2,1-4H3,(H,31,35)/t17-,21-,22+,24+,28-,29+/m1/s1/i4D3. The molecule has 6 atom stereocenters. The largest absolute Gasteiger partial charge is 0.361 e. The first kappa shape index (κ1) is 21.6. The zero-order valence-corrected chi connectivity index (χ0v) is 22.2. The lowest BCUT2D eigenvalue weighted by Crippen LogP contribution is -2.72. The van der Waals surface area contributed by atoms with Gasteiger partial charge in [0, 0.05) is 40.3 Å². The molecular formula is C29H35N5O5. The van der Waals surface area contributed by atoms with Crippen LogP contribution in [-0.2, 0) is 25.5 Å². The van der Waals surface area contributed by atoms with Gasteiger partial charge in [-0.2, -0.15) is 0 Å². The van der Waals surface area contributed by atoms with E-state index in [1.54, 1.807) is 24.8 Å². The molecule has 1 aromatic carbocycles. The Morgan fingerprint density at radius 1 is 1.33 bits per heavy atom. The van der Waals surface area contributed by atoms with E-state index in [0.717, 1.165) is 32.5 Å². The molecule has 206 valence electrons. The number of nitrogens with one attached hydrogen (secondary N) is 2. The molecule has 39 heavy (non-hydrogen) atoms. The van der Waals surface area contributed by atoms with Crippen molar-refractivity contribution in [2.24, 2.45) is 11.8 Å². The van der Waals surface area contributed by atoms with Crippen LogP contribution in [0.25, 0.3) is 16.5 Å². The summed E-state index contributed by atoms with van der Waals surface area (Å²) in [5.74, 6) is -4.86. The zero-order valence-electron chi connectivity index (χ0n) is 25.2. The normalized spacial score (nSPS) is 37.3. The second-order valence-electron chi connectivity index (χ2n) is 12.0. The predicted octanol–water partition coefficient (Wildman–Crippen LogP) is 1.40. The van der Waals surface area contributed by atoms with E-state index < -0.39 is 54.5 Å². The summed E-state index contributed by atoms with van der Waals surface area (Å²) < 4.78 is 31.0. The van der Waals surface area contributed by atoms with E-state index in [1.807, 2.05) is 24.4 Å². The molecule has 0 spiro atoms. The SMILES string of the molecule is [2H]C([2H])([2H])N1C[C@H](C(=O)N[C@]2(C)O[C@@]3(O)[C@@H]4CCCN4C(=O)[C@H](C(C)C)N3C2=O)C=C2c3cccc4[nH]cc(c34)C[C@H]21. The van der Waals surface area contributed by atoms with Gasteiger partial charge >= 0.3 is 0 Å². The van der Waals surface area contributed by atoms with Crippen LogP contribution in [-0.4, -0.2) is 92.3 Å². The number of aliphatic hydroxyl groups is 1. The number of amides is 3. The number of hydrogen-bond acceptors (Lipinski definition) is 6. The molecule has 3 fully saturated rings. The number of carbonyl (C=O) groups is 3. The van der Waals surface area contributed by atoms with E-state index in [0.29, 0.717) is 25.8 Å². The number of aromatic nitrogens is 1. The fraction of sp³-hybridized carbons (Fsp3) is 0.552. The number of piperazine rings is 1. The minimum absolute atomic E-state index is 0.0893. The Hall–Kier alpha value is -3.21. The third-order valence-electron chi connectivity index (χ3n) is 9.18. The van der Waals surface area contributed by atoms with Gasteiger partial charge in [-0.05, 0) is 61.8 Å². The monoisotopic (exact) mass is 536 g/mol. The van der Waals surface area contributed by atoms with Crippen molar-refractivity contribution in [1.82, 2.24) is 25.0 Å². The molecule has 5 heterocycles. The van der Waals surface area contributed by atoms with Crippen molar-refractivity contribution >= 4 is 34.2 Å². The summed E-state index contributed by atoms with van der Waals surface area (Å²) in [6, 6.07) is 3.65. The number of benzene rings is 1. The highest BCUT2D eigenvalue weighted by atomic mass is 16.7. The molecule has 4 aliphatic heterocycles. The average molecular weight is 537 g/mol. The van der Waals surface area contributed by atoms with Gasteiger partial charge in [0.05, 0.1) is 5.92 Å². The van der Waals surface area contributed by atoms with Crippen molar-refractivity contribution in [3.8, 4) is 0 Å². The van der Waals surface area contributed by atoms with Gasteiger partial charge in [0.2, 0.25) is 17.5 Å². The molecular weight excluding hydrogens is 498 g/mol. The van der Waals surface area contributed by atoms with E-state index in [2.05, 4.69) is 10.3 Å². The summed E-state index contributed by atoms with van der Waals surface area (Å²) in [6.45, 7) is 2.89. The maximum absolute atomic E-state index is 14.0. The second kappa shape index (κ2) is 8.16. The van der Waals surface area contributed by atoms with Crippen LogP contribution in [0.3, 0.4) is 0 Å². The van der Waals surface area contributed by atoms with Gasteiger partial charge in [-0.3, -0.25) is 28.9 Å². The van der Waals surface area contributed by atoms with E-state index in [9.17, 15) is 19.5 Å². The van der Waals surface area contributed by atoms with Crippen LogP contribution in [0.1, 0.15) is 48.9 Å². The average Bonchev–Trinajstić information content (AvgIpc) is 3.62. The molecule has 1 aromatic heterocycles. The highest BCUT2D eigenvalue weighted by Gasteiger charge is 2.70. The molecule has 2 aromatic rings. The Morgan fingerprint density at radius 2 is 2.15 bits per heavy atom. The maximum atomic E-state index is 14.0. The molecule has 10 nitrogen and oxygen atoms in total. The third-order valence-corrected chi connectivity index (χ3v) is 9.18. The van der Waals surface area contributed by atoms with Gasteiger partial charge in [-0.1, -0.05) is 32.1 Å². The molecule has 0 saturated carbocycles. The lowest BCUT2D eigenvalue weighted by Gasteiger charge is -2.49. The highest BCUT2D eigenvalue weighted by Crippen LogP contribution is 2.47. The Bertz CT molecular complexity index is 1550. The first-order chi connectivity index (χ1) is 19.7. The number of aromatic amines is 1. The number of rotatable bonds is 3. The zero-order chi connectivity index (χ0) is 29.9. The van der Waals surface area contributed by atoms with Crippen molar-refractivity contribution < 1.29 is 28.3 Å². The van der Waals surface area contributed by atoms with Crippen LogP contribution in [0.2, 0.25) is 0 Å². The molecule has 3 amide bonds. The number of fused-ring (bicyclic) bond motifs is 5. The summed E-state index contributed by atoms with van der Waals surface area (Å²) >= 11 is 0. The van der Waals surface area contributed by atoms with Crippen molar-refractivity contribution in [3.63, 3.8) is 0 Å². The molecule has 10 heteroatoms. The third kappa shape index (κ3) is 3.28. The quantitative estimate of drug-likeness (QED) is 0.546. The first-order valence-corrected chi connectivity index (χ1v) is 13.7. The Morgan fingerprint density at radius 3 is 2.92 bits per heavy atom. The van der Waals surface area contributed by atoms with Gasteiger partial charge in [0.15, 0.2) is 0 Å². The number of likely N-dealkylation sites (N-methyl/N-ethyl adjacent to an activating group) is 1. The minimum atomic E-state index is -2.47. The summed E-state index contributed by atoms with van der Waals surface area (Å²) in [4.78, 5) is 48.6. The molecule has 7 rings (SSSR count). The smallest absolute Gasteiger partial charge is 0.280 e. The predicted molar refractivity (Wildman–Crippen MR) is 143 cm³/mol. The number of ether oxygens (including phenoxy) is 1. The highest BCUT2D eigenvalue weighted by molar-refractivity contribution is 6.00. The number of hydrogen-bond donors (Lipinski definition) is 3. The molecule has 0 bridgehead atoms. The van der Waals surface area contributed by atoms with Crippen molar-refractivity contribution in [1.29, 1.82) is 0 Å². The molecule has 0 radical (unpaired) electrons. The van der Waals surface area contributed by atoms with Crippen LogP contribution in [0, 0.1) is 11.8 Å². The second-order valence-corrected chi connectivity index (χ2v) is 12.0. The number of H-pyrrole nitrogens is 1. The van der Waals surface area contributed by atoms with Crippen molar-refractivity contribution in [3.05, 3.63) is 41.6 Å². The van der Waals surface area contributed by atoms with E-state index in [4.69, 9.17) is 8.85 Å². The van der Waals surface area contributed by atoms with Gasteiger partial charge in [-0.15, -0.1) is 0 Å². The fourth-order valence-electron chi connectivity index (χ4n) is 7.42. The summed E-state index contributed by atoms with van der Waals surface area (Å²) in [5.41, 5.74) is 1.63. The Kier molecular flexibility index (Phi) is 4.52. The molecule has 5 aliphatic rings. The first-order valence-electron chi connectivity index (χ1n) is 15.2.